The Morgan fingerprint density at radius 1 is 1.56 bits per heavy atom. The summed E-state index contributed by atoms with van der Waals surface area (Å²) in [5.41, 5.74) is 1.25. The highest BCUT2D eigenvalue weighted by Crippen LogP contribution is 2.28. The first kappa shape index (κ1) is 13.1. The number of hydrogen-bond acceptors (Lipinski definition) is 4. The molecule has 1 unspecified atom stereocenters. The Labute approximate surface area is 112 Å². The fraction of sp³-hybridized carbons (Fsp3) is 0.462. The quantitative estimate of drug-likeness (QED) is 0.871. The molecule has 0 aliphatic carbocycles. The van der Waals surface area contributed by atoms with Gasteiger partial charge in [-0.15, -0.1) is 11.3 Å². The summed E-state index contributed by atoms with van der Waals surface area (Å²) in [5, 5.41) is 9.77. The number of hydrogen-bond donors (Lipinski definition) is 1. The average molecular weight is 265 g/mol. The van der Waals surface area contributed by atoms with Crippen molar-refractivity contribution in [3.63, 3.8) is 0 Å². The Balaban J connectivity index is 2.12. The molecule has 0 aliphatic rings. The fourth-order valence-electron chi connectivity index (χ4n) is 1.96. The molecule has 0 spiro atoms. The van der Waals surface area contributed by atoms with Crippen LogP contribution in [0.15, 0.2) is 23.8 Å². The Morgan fingerprint density at radius 2 is 2.39 bits per heavy atom. The van der Waals surface area contributed by atoms with Crippen LogP contribution in [0.4, 0.5) is 0 Å². The number of likely N-dealkylation sites (N-methyl/N-ethyl adjacent to an activating group) is 1. The van der Waals surface area contributed by atoms with E-state index in [4.69, 9.17) is 4.74 Å². The Kier molecular flexibility index (Phi) is 4.38. The minimum atomic E-state index is 0.327. The van der Waals surface area contributed by atoms with E-state index in [0.717, 1.165) is 18.7 Å². The van der Waals surface area contributed by atoms with Crippen molar-refractivity contribution >= 4 is 11.3 Å². The van der Waals surface area contributed by atoms with Crippen LogP contribution < -0.4 is 10.1 Å². The maximum absolute atomic E-state index is 5.24. The first-order valence-electron chi connectivity index (χ1n) is 6.06. The van der Waals surface area contributed by atoms with E-state index >= 15 is 0 Å². The normalized spacial score (nSPS) is 12.6. The van der Waals surface area contributed by atoms with E-state index in [-0.39, 0.29) is 0 Å². The average Bonchev–Trinajstić information content (AvgIpc) is 2.97. The van der Waals surface area contributed by atoms with Gasteiger partial charge in [0, 0.05) is 29.5 Å². The van der Waals surface area contributed by atoms with Gasteiger partial charge in [-0.05, 0) is 24.6 Å². The molecule has 2 rings (SSSR count). The molecular weight excluding hydrogens is 246 g/mol. The Morgan fingerprint density at radius 3 is 2.94 bits per heavy atom. The standard InChI is InChI=1S/C13H19N3OS/c1-4-14-12(5-10-7-15-16(2)8-10)13-6-11(17-3)9-18-13/h6-9,12,14H,4-5H2,1-3H3. The predicted molar refractivity (Wildman–Crippen MR) is 74.2 cm³/mol. The molecule has 0 amide bonds. The van der Waals surface area contributed by atoms with E-state index in [0.29, 0.717) is 6.04 Å². The Hall–Kier alpha value is -1.33. The van der Waals surface area contributed by atoms with Crippen molar-refractivity contribution < 1.29 is 4.74 Å². The third kappa shape index (κ3) is 3.11. The summed E-state index contributed by atoms with van der Waals surface area (Å²) in [6.45, 7) is 3.08. The first-order chi connectivity index (χ1) is 8.72. The smallest absolute Gasteiger partial charge is 0.129 e. The summed E-state index contributed by atoms with van der Waals surface area (Å²) in [4.78, 5) is 1.30. The van der Waals surface area contributed by atoms with Gasteiger partial charge in [-0.25, -0.2) is 0 Å². The summed E-state index contributed by atoms with van der Waals surface area (Å²) in [6.07, 6.45) is 4.94. The van der Waals surface area contributed by atoms with Crippen LogP contribution in [0.25, 0.3) is 0 Å². The lowest BCUT2D eigenvalue weighted by Gasteiger charge is -2.15. The highest BCUT2D eigenvalue weighted by Gasteiger charge is 2.14. The lowest BCUT2D eigenvalue weighted by molar-refractivity contribution is 0.415. The molecule has 98 valence electrons. The van der Waals surface area contributed by atoms with Crippen LogP contribution >= 0.6 is 11.3 Å². The second-order valence-corrected chi connectivity index (χ2v) is 5.17. The van der Waals surface area contributed by atoms with Gasteiger partial charge in [-0.3, -0.25) is 4.68 Å². The number of aromatic nitrogens is 2. The fourth-order valence-corrected chi connectivity index (χ4v) is 2.89. The van der Waals surface area contributed by atoms with Gasteiger partial charge in [0.25, 0.3) is 0 Å². The topological polar surface area (TPSA) is 39.1 Å². The van der Waals surface area contributed by atoms with Crippen LogP contribution in [-0.4, -0.2) is 23.4 Å². The number of aryl methyl sites for hydroxylation is 1. The van der Waals surface area contributed by atoms with Crippen molar-refractivity contribution in [1.29, 1.82) is 0 Å². The molecule has 0 saturated heterocycles. The van der Waals surface area contributed by atoms with Crippen LogP contribution in [0.2, 0.25) is 0 Å². The molecule has 4 nitrogen and oxygen atoms in total. The predicted octanol–water partition coefficient (Wildman–Crippen LogP) is 2.38. The van der Waals surface area contributed by atoms with Gasteiger partial charge in [-0.2, -0.15) is 5.10 Å². The second kappa shape index (κ2) is 6.02. The van der Waals surface area contributed by atoms with Crippen LogP contribution in [0.3, 0.4) is 0 Å². The summed E-state index contributed by atoms with van der Waals surface area (Å²) in [7, 11) is 3.65. The highest BCUT2D eigenvalue weighted by atomic mass is 32.1. The summed E-state index contributed by atoms with van der Waals surface area (Å²) in [5.74, 6) is 0.934. The minimum absolute atomic E-state index is 0.327. The molecular formula is C13H19N3OS. The van der Waals surface area contributed by atoms with Gasteiger partial charge in [0.2, 0.25) is 0 Å². The van der Waals surface area contributed by atoms with Crippen molar-refractivity contribution in [2.24, 2.45) is 7.05 Å². The van der Waals surface area contributed by atoms with Crippen LogP contribution in [0.1, 0.15) is 23.4 Å². The van der Waals surface area contributed by atoms with Crippen molar-refractivity contribution in [1.82, 2.24) is 15.1 Å². The first-order valence-corrected chi connectivity index (χ1v) is 6.94. The molecule has 1 atom stereocenters. The second-order valence-electron chi connectivity index (χ2n) is 4.23. The van der Waals surface area contributed by atoms with E-state index in [2.05, 4.69) is 29.6 Å². The van der Waals surface area contributed by atoms with Gasteiger partial charge >= 0.3 is 0 Å². The maximum atomic E-state index is 5.24. The monoisotopic (exact) mass is 265 g/mol. The number of methoxy groups -OCH3 is 1. The molecule has 5 heteroatoms. The molecule has 0 bridgehead atoms. The van der Waals surface area contributed by atoms with Crippen LogP contribution in [0, 0.1) is 0 Å². The number of rotatable bonds is 6. The number of nitrogens with zero attached hydrogens (tertiary/aromatic N) is 2. The van der Waals surface area contributed by atoms with Crippen LogP contribution in [0.5, 0.6) is 5.75 Å². The van der Waals surface area contributed by atoms with Gasteiger partial charge in [0.05, 0.1) is 13.3 Å². The molecule has 0 aromatic carbocycles. The molecule has 2 aromatic rings. The van der Waals surface area contributed by atoms with Crippen molar-refractivity contribution in [2.45, 2.75) is 19.4 Å². The minimum Gasteiger partial charge on any atom is -0.496 e. The van der Waals surface area contributed by atoms with Crippen molar-refractivity contribution in [3.05, 3.63) is 34.3 Å². The number of nitrogens with one attached hydrogen (secondary N) is 1. The zero-order chi connectivity index (χ0) is 13.0. The zero-order valence-corrected chi connectivity index (χ0v) is 11.8. The summed E-state index contributed by atoms with van der Waals surface area (Å²) in [6, 6.07) is 2.43. The Bertz CT molecular complexity index is 492. The highest BCUT2D eigenvalue weighted by molar-refractivity contribution is 7.10. The lowest BCUT2D eigenvalue weighted by atomic mass is 10.1. The van der Waals surface area contributed by atoms with Crippen molar-refractivity contribution in [3.8, 4) is 5.75 Å². The molecule has 2 aromatic heterocycles. The molecule has 1 N–H and O–H groups in total. The molecule has 0 aliphatic heterocycles. The van der Waals surface area contributed by atoms with E-state index in [9.17, 15) is 0 Å². The number of ether oxygens (including phenoxy) is 1. The molecule has 0 saturated carbocycles. The van der Waals surface area contributed by atoms with Gasteiger partial charge in [0.15, 0.2) is 0 Å². The summed E-state index contributed by atoms with van der Waals surface area (Å²) >= 11 is 1.73. The molecule has 2 heterocycles. The third-order valence-electron chi connectivity index (χ3n) is 2.82. The molecule has 0 radical (unpaired) electrons. The van der Waals surface area contributed by atoms with Gasteiger partial charge in [-0.1, -0.05) is 6.92 Å². The molecule has 18 heavy (non-hydrogen) atoms. The maximum Gasteiger partial charge on any atom is 0.129 e. The largest absolute Gasteiger partial charge is 0.496 e. The van der Waals surface area contributed by atoms with Gasteiger partial charge < -0.3 is 10.1 Å². The van der Waals surface area contributed by atoms with E-state index < -0.39 is 0 Å². The summed E-state index contributed by atoms with van der Waals surface area (Å²) < 4.78 is 7.08. The van der Waals surface area contributed by atoms with E-state index in [1.54, 1.807) is 18.4 Å². The van der Waals surface area contributed by atoms with Crippen molar-refractivity contribution in [2.75, 3.05) is 13.7 Å². The SMILES string of the molecule is CCNC(Cc1cnn(C)c1)c1cc(OC)cs1. The number of thiophene rings is 1. The van der Waals surface area contributed by atoms with E-state index in [1.165, 1.54) is 10.4 Å². The lowest BCUT2D eigenvalue weighted by Crippen LogP contribution is -2.21. The third-order valence-corrected chi connectivity index (χ3v) is 3.85. The van der Waals surface area contributed by atoms with Crippen LogP contribution in [-0.2, 0) is 13.5 Å². The zero-order valence-electron chi connectivity index (χ0n) is 11.0. The van der Waals surface area contributed by atoms with Gasteiger partial charge in [0.1, 0.15) is 5.75 Å². The van der Waals surface area contributed by atoms with E-state index in [1.807, 2.05) is 23.3 Å². The molecule has 0 fully saturated rings.